The maximum absolute atomic E-state index is 13.0. The van der Waals surface area contributed by atoms with E-state index in [-0.39, 0.29) is 18.1 Å². The Morgan fingerprint density at radius 3 is 2.38 bits per heavy atom. The second-order valence-corrected chi connectivity index (χ2v) is 10.7. The summed E-state index contributed by atoms with van der Waals surface area (Å²) in [6, 6.07) is 16.1. The van der Waals surface area contributed by atoms with E-state index in [4.69, 9.17) is 32.7 Å². The Labute approximate surface area is 241 Å². The molecule has 202 valence electrons. The fraction of sp³-hybridized carbons (Fsp3) is 0.207. The summed E-state index contributed by atoms with van der Waals surface area (Å²) in [4.78, 5) is 39.2. The number of benzene rings is 3. The summed E-state index contributed by atoms with van der Waals surface area (Å²) in [5, 5.41) is 3.15. The van der Waals surface area contributed by atoms with Crippen LogP contribution in [0.5, 0.6) is 11.5 Å². The molecule has 0 saturated carbocycles. The topological polar surface area (TPSA) is 84.9 Å². The third kappa shape index (κ3) is 7.35. The van der Waals surface area contributed by atoms with Crippen LogP contribution >= 0.6 is 35.0 Å². The van der Waals surface area contributed by atoms with E-state index in [1.54, 1.807) is 36.4 Å². The first-order valence-electron chi connectivity index (χ1n) is 12.1. The molecule has 7 nitrogen and oxygen atoms in total. The molecule has 39 heavy (non-hydrogen) atoms. The molecule has 1 N–H and O–H groups in total. The van der Waals surface area contributed by atoms with Gasteiger partial charge in [0.15, 0.2) is 11.5 Å². The van der Waals surface area contributed by atoms with Crippen LogP contribution in [0, 0.1) is 13.8 Å². The molecule has 1 aliphatic rings. The van der Waals surface area contributed by atoms with Crippen LogP contribution in [0.25, 0.3) is 6.08 Å². The van der Waals surface area contributed by atoms with Crippen molar-refractivity contribution in [3.63, 3.8) is 0 Å². The molecule has 3 amide bonds. The minimum absolute atomic E-state index is 0.214. The smallest absolute Gasteiger partial charge is 0.294 e. The number of rotatable bonds is 9. The zero-order valence-corrected chi connectivity index (χ0v) is 23.9. The van der Waals surface area contributed by atoms with Crippen molar-refractivity contribution in [2.45, 2.75) is 27.4 Å². The van der Waals surface area contributed by atoms with Crippen molar-refractivity contribution in [1.82, 2.24) is 4.90 Å². The van der Waals surface area contributed by atoms with Crippen molar-refractivity contribution in [2.24, 2.45) is 0 Å². The molecule has 0 aliphatic carbocycles. The number of amides is 3. The van der Waals surface area contributed by atoms with E-state index in [9.17, 15) is 14.4 Å². The molecule has 0 radical (unpaired) electrons. The van der Waals surface area contributed by atoms with E-state index in [0.717, 1.165) is 33.4 Å². The predicted octanol–water partition coefficient (Wildman–Crippen LogP) is 7.26. The first kappa shape index (κ1) is 28.5. The number of nitrogens with one attached hydrogen (secondary N) is 1. The predicted molar refractivity (Wildman–Crippen MR) is 156 cm³/mol. The van der Waals surface area contributed by atoms with E-state index in [1.807, 2.05) is 45.0 Å². The quantitative estimate of drug-likeness (QED) is 0.266. The summed E-state index contributed by atoms with van der Waals surface area (Å²) < 4.78 is 11.7. The Morgan fingerprint density at radius 2 is 1.69 bits per heavy atom. The average Bonchev–Trinajstić information content (AvgIpc) is 3.12. The van der Waals surface area contributed by atoms with Crippen molar-refractivity contribution < 1.29 is 23.9 Å². The zero-order valence-electron chi connectivity index (χ0n) is 21.5. The highest BCUT2D eigenvalue weighted by Gasteiger charge is 2.36. The van der Waals surface area contributed by atoms with Gasteiger partial charge in [0.1, 0.15) is 13.2 Å². The molecule has 3 aromatic carbocycles. The average molecular weight is 586 g/mol. The Balaban J connectivity index is 1.45. The molecule has 0 spiro atoms. The van der Waals surface area contributed by atoms with Crippen LogP contribution in [0.1, 0.15) is 29.2 Å². The van der Waals surface area contributed by atoms with Crippen molar-refractivity contribution in [3.05, 3.63) is 91.8 Å². The van der Waals surface area contributed by atoms with Crippen LogP contribution in [-0.4, -0.2) is 35.1 Å². The number of imide groups is 1. The first-order valence-corrected chi connectivity index (χ1v) is 13.7. The monoisotopic (exact) mass is 584 g/mol. The summed E-state index contributed by atoms with van der Waals surface area (Å²) in [7, 11) is 0. The summed E-state index contributed by atoms with van der Waals surface area (Å²) in [6.45, 7) is 5.98. The second-order valence-electron chi connectivity index (χ2n) is 8.87. The van der Waals surface area contributed by atoms with Crippen LogP contribution < -0.4 is 14.8 Å². The maximum atomic E-state index is 13.0. The molecule has 1 fully saturated rings. The minimum atomic E-state index is -0.529. The lowest BCUT2D eigenvalue weighted by Crippen LogP contribution is -2.36. The van der Waals surface area contributed by atoms with E-state index in [0.29, 0.717) is 39.4 Å². The van der Waals surface area contributed by atoms with Gasteiger partial charge < -0.3 is 14.8 Å². The van der Waals surface area contributed by atoms with Gasteiger partial charge >= 0.3 is 0 Å². The number of nitrogens with zero attached hydrogens (tertiary/aromatic N) is 1. The lowest BCUT2D eigenvalue weighted by atomic mass is 10.1. The van der Waals surface area contributed by atoms with Crippen molar-refractivity contribution in [3.8, 4) is 11.5 Å². The molecule has 0 unspecified atom stereocenters. The standard InChI is InChI=1S/C29H26Cl2N2O5S/c1-4-37-25-13-19(6-8-24(25)38-16-20-5-7-22(30)23(31)12-20)14-26-28(35)33(29(36)39-26)15-27(34)32-21-10-17(2)9-18(3)11-21/h5-14H,4,15-16H2,1-3H3,(H,32,34)/b26-14+. The number of ether oxygens (including phenoxy) is 2. The molecule has 1 saturated heterocycles. The van der Waals surface area contributed by atoms with Crippen LogP contribution in [0.15, 0.2) is 59.5 Å². The van der Waals surface area contributed by atoms with Gasteiger partial charge in [-0.1, -0.05) is 41.4 Å². The van der Waals surface area contributed by atoms with Gasteiger partial charge in [-0.3, -0.25) is 19.3 Å². The molecule has 1 heterocycles. The lowest BCUT2D eigenvalue weighted by Gasteiger charge is -2.14. The van der Waals surface area contributed by atoms with E-state index >= 15 is 0 Å². The summed E-state index contributed by atoms with van der Waals surface area (Å²) in [6.07, 6.45) is 1.60. The zero-order chi connectivity index (χ0) is 28.1. The van der Waals surface area contributed by atoms with Gasteiger partial charge in [-0.15, -0.1) is 0 Å². The normalized spacial score (nSPS) is 14.2. The Morgan fingerprint density at radius 1 is 0.949 bits per heavy atom. The number of aryl methyl sites for hydroxylation is 2. The SMILES string of the molecule is CCOc1cc(/C=C2/SC(=O)N(CC(=O)Nc3cc(C)cc(C)c3)C2=O)ccc1OCc1ccc(Cl)c(Cl)c1. The fourth-order valence-corrected chi connectivity index (χ4v) is 5.13. The number of hydrogen-bond donors (Lipinski definition) is 1. The Bertz CT molecular complexity index is 1450. The maximum Gasteiger partial charge on any atom is 0.294 e. The number of thioether (sulfide) groups is 1. The van der Waals surface area contributed by atoms with Gasteiger partial charge in [-0.2, -0.15) is 0 Å². The third-order valence-electron chi connectivity index (χ3n) is 5.62. The van der Waals surface area contributed by atoms with Gasteiger partial charge in [0.05, 0.1) is 21.6 Å². The van der Waals surface area contributed by atoms with Crippen LogP contribution in [-0.2, 0) is 16.2 Å². The number of anilines is 1. The van der Waals surface area contributed by atoms with Crippen LogP contribution in [0.3, 0.4) is 0 Å². The number of halogens is 2. The highest BCUT2D eigenvalue weighted by atomic mass is 35.5. The number of carbonyl (C=O) groups is 3. The third-order valence-corrected chi connectivity index (χ3v) is 7.27. The summed E-state index contributed by atoms with van der Waals surface area (Å²) in [5.74, 6) is 0.0127. The van der Waals surface area contributed by atoms with E-state index < -0.39 is 17.1 Å². The van der Waals surface area contributed by atoms with E-state index in [2.05, 4.69) is 5.32 Å². The van der Waals surface area contributed by atoms with Crippen LogP contribution in [0.4, 0.5) is 10.5 Å². The van der Waals surface area contributed by atoms with Gasteiger partial charge in [0.2, 0.25) is 5.91 Å². The molecule has 10 heteroatoms. The Kier molecular flexibility index (Phi) is 9.22. The number of hydrogen-bond acceptors (Lipinski definition) is 6. The van der Waals surface area contributed by atoms with Gasteiger partial charge in [0, 0.05) is 5.69 Å². The van der Waals surface area contributed by atoms with Crippen molar-refractivity contribution >= 4 is 63.8 Å². The molecular formula is C29H26Cl2N2O5S. The minimum Gasteiger partial charge on any atom is -0.490 e. The second kappa shape index (κ2) is 12.6. The summed E-state index contributed by atoms with van der Waals surface area (Å²) >= 11 is 12.9. The first-order chi connectivity index (χ1) is 18.6. The molecule has 3 aromatic rings. The molecule has 4 rings (SSSR count). The Hall–Kier alpha value is -3.46. The highest BCUT2D eigenvalue weighted by molar-refractivity contribution is 8.18. The fourth-order valence-electron chi connectivity index (χ4n) is 3.97. The molecule has 0 aromatic heterocycles. The largest absolute Gasteiger partial charge is 0.490 e. The molecule has 0 atom stereocenters. The van der Waals surface area contributed by atoms with Crippen LogP contribution in [0.2, 0.25) is 10.0 Å². The van der Waals surface area contributed by atoms with Gasteiger partial charge in [-0.25, -0.2) is 0 Å². The van der Waals surface area contributed by atoms with Crippen molar-refractivity contribution in [1.29, 1.82) is 0 Å². The van der Waals surface area contributed by atoms with E-state index in [1.165, 1.54) is 0 Å². The highest BCUT2D eigenvalue weighted by Crippen LogP contribution is 2.35. The van der Waals surface area contributed by atoms with Gasteiger partial charge in [0.25, 0.3) is 11.1 Å². The van der Waals surface area contributed by atoms with Gasteiger partial charge in [-0.05, 0) is 97.3 Å². The molecule has 0 bridgehead atoms. The lowest BCUT2D eigenvalue weighted by molar-refractivity contribution is -0.127. The van der Waals surface area contributed by atoms with Crippen molar-refractivity contribution in [2.75, 3.05) is 18.5 Å². The molecule has 1 aliphatic heterocycles. The number of carbonyl (C=O) groups excluding carboxylic acids is 3. The summed E-state index contributed by atoms with van der Waals surface area (Å²) in [5.41, 5.74) is 4.09. The molecular weight excluding hydrogens is 559 g/mol.